The van der Waals surface area contributed by atoms with Crippen LogP contribution >= 0.6 is 0 Å². The zero-order chi connectivity index (χ0) is 17.7. The Labute approximate surface area is 155 Å². The van der Waals surface area contributed by atoms with Crippen LogP contribution in [0.5, 0.6) is 0 Å². The number of urea groups is 1. The van der Waals surface area contributed by atoms with Crippen molar-refractivity contribution in [3.8, 4) is 0 Å². The van der Waals surface area contributed by atoms with Crippen molar-refractivity contribution >= 4 is 16.8 Å². The van der Waals surface area contributed by atoms with E-state index in [1.54, 1.807) is 0 Å². The Morgan fingerprint density at radius 2 is 1.62 bits per heavy atom. The Balaban J connectivity index is 1.28. The average molecular weight is 348 g/mol. The highest BCUT2D eigenvalue weighted by Crippen LogP contribution is 2.53. The number of amides is 2. The quantitative estimate of drug-likeness (QED) is 0.848. The molecule has 4 bridgehead atoms. The average Bonchev–Trinajstić information content (AvgIpc) is 2.64. The highest BCUT2D eigenvalue weighted by Gasteiger charge is 2.48. The second-order valence-corrected chi connectivity index (χ2v) is 8.90. The van der Waals surface area contributed by atoms with E-state index in [4.69, 9.17) is 0 Å². The van der Waals surface area contributed by atoms with E-state index in [9.17, 15) is 4.79 Å². The molecule has 0 unspecified atom stereocenters. The fourth-order valence-corrected chi connectivity index (χ4v) is 6.17. The van der Waals surface area contributed by atoms with Crippen molar-refractivity contribution in [2.24, 2.45) is 23.7 Å². The van der Waals surface area contributed by atoms with Crippen molar-refractivity contribution in [1.82, 2.24) is 10.2 Å². The predicted molar refractivity (Wildman–Crippen MR) is 105 cm³/mol. The molecule has 0 heterocycles. The number of nitrogens with one attached hydrogen (secondary N) is 1. The normalized spacial score (nSPS) is 32.0. The molecule has 4 fully saturated rings. The summed E-state index contributed by atoms with van der Waals surface area (Å²) in [4.78, 5) is 14.7. The molecule has 0 saturated heterocycles. The number of nitrogens with zero attached hydrogens (tertiary/aromatic N) is 1. The molecule has 4 saturated carbocycles. The number of carbonyl (C=O) groups is 1. The first-order chi connectivity index (χ1) is 12.7. The summed E-state index contributed by atoms with van der Waals surface area (Å²) in [5.41, 5.74) is 1.21. The van der Waals surface area contributed by atoms with Crippen LogP contribution < -0.4 is 5.32 Å². The van der Waals surface area contributed by atoms with Crippen molar-refractivity contribution in [1.29, 1.82) is 0 Å². The number of benzene rings is 2. The third kappa shape index (κ3) is 2.78. The summed E-state index contributed by atoms with van der Waals surface area (Å²) in [5.74, 6) is 3.33. The highest BCUT2D eigenvalue weighted by molar-refractivity contribution is 5.86. The van der Waals surface area contributed by atoms with Gasteiger partial charge >= 0.3 is 6.03 Å². The molecule has 2 aromatic carbocycles. The van der Waals surface area contributed by atoms with E-state index in [1.807, 2.05) is 11.9 Å². The molecular weight excluding hydrogens is 320 g/mol. The highest BCUT2D eigenvalue weighted by atomic mass is 16.2. The SMILES string of the molecule is CN(Cc1cccc2ccccc12)C(=O)NC1C2CC3CC(C2)CC1C3. The van der Waals surface area contributed by atoms with E-state index >= 15 is 0 Å². The molecule has 0 aromatic heterocycles. The maximum atomic E-state index is 12.9. The van der Waals surface area contributed by atoms with Crippen molar-refractivity contribution < 1.29 is 4.79 Å². The van der Waals surface area contributed by atoms with Gasteiger partial charge in [0.2, 0.25) is 0 Å². The topological polar surface area (TPSA) is 32.3 Å². The summed E-state index contributed by atoms with van der Waals surface area (Å²) in [5, 5.41) is 5.89. The lowest BCUT2D eigenvalue weighted by atomic mass is 9.54. The molecule has 3 nitrogen and oxygen atoms in total. The van der Waals surface area contributed by atoms with E-state index < -0.39 is 0 Å². The lowest BCUT2D eigenvalue weighted by Gasteiger charge is -2.54. The minimum Gasteiger partial charge on any atom is -0.335 e. The van der Waals surface area contributed by atoms with Gasteiger partial charge in [-0.3, -0.25) is 0 Å². The fourth-order valence-electron chi connectivity index (χ4n) is 6.17. The first kappa shape index (κ1) is 16.2. The van der Waals surface area contributed by atoms with Gasteiger partial charge in [0, 0.05) is 19.6 Å². The zero-order valence-electron chi connectivity index (χ0n) is 15.5. The monoisotopic (exact) mass is 348 g/mol. The van der Waals surface area contributed by atoms with Gasteiger partial charge in [-0.2, -0.15) is 0 Å². The molecule has 6 rings (SSSR count). The molecule has 0 spiro atoms. The smallest absolute Gasteiger partial charge is 0.317 e. The number of hydrogen-bond donors (Lipinski definition) is 1. The lowest BCUT2D eigenvalue weighted by Crippen LogP contribution is -2.57. The van der Waals surface area contributed by atoms with Crippen LogP contribution in [-0.2, 0) is 6.54 Å². The number of carbonyl (C=O) groups excluding carboxylic acids is 1. The standard InChI is InChI=1S/C23H28N2O/c1-25(14-18-7-4-6-17-5-2-3-8-21(17)18)23(26)24-22-19-10-15-9-16(12-19)13-20(22)11-15/h2-8,15-16,19-20,22H,9-14H2,1H3,(H,24,26). The molecule has 136 valence electrons. The molecule has 0 aliphatic heterocycles. The van der Waals surface area contributed by atoms with E-state index in [-0.39, 0.29) is 6.03 Å². The largest absolute Gasteiger partial charge is 0.335 e. The van der Waals surface area contributed by atoms with Crippen LogP contribution in [0.1, 0.15) is 37.7 Å². The van der Waals surface area contributed by atoms with E-state index in [1.165, 1.54) is 48.4 Å². The van der Waals surface area contributed by atoms with Crippen LogP contribution in [0.2, 0.25) is 0 Å². The van der Waals surface area contributed by atoms with Gasteiger partial charge in [0.05, 0.1) is 0 Å². The van der Waals surface area contributed by atoms with Gasteiger partial charge in [-0.1, -0.05) is 42.5 Å². The van der Waals surface area contributed by atoms with Gasteiger partial charge < -0.3 is 10.2 Å². The summed E-state index contributed by atoms with van der Waals surface area (Å²) >= 11 is 0. The summed E-state index contributed by atoms with van der Waals surface area (Å²) in [6.07, 6.45) is 6.81. The van der Waals surface area contributed by atoms with Crippen molar-refractivity contribution in [3.63, 3.8) is 0 Å². The van der Waals surface area contributed by atoms with Crippen LogP contribution in [0.15, 0.2) is 42.5 Å². The molecule has 0 atom stereocenters. The molecule has 3 heteroatoms. The second-order valence-electron chi connectivity index (χ2n) is 8.90. The number of rotatable bonds is 3. The van der Waals surface area contributed by atoms with Crippen molar-refractivity contribution in [2.75, 3.05) is 7.05 Å². The van der Waals surface area contributed by atoms with Crippen LogP contribution in [-0.4, -0.2) is 24.0 Å². The summed E-state index contributed by atoms with van der Waals surface area (Å²) < 4.78 is 0. The molecular formula is C23H28N2O. The summed E-state index contributed by atoms with van der Waals surface area (Å²) in [6.45, 7) is 0.653. The Kier molecular flexibility index (Phi) is 3.91. The molecule has 2 amide bonds. The molecule has 1 N–H and O–H groups in total. The van der Waals surface area contributed by atoms with Crippen LogP contribution in [0.25, 0.3) is 10.8 Å². The van der Waals surface area contributed by atoms with Gasteiger partial charge in [-0.15, -0.1) is 0 Å². The first-order valence-electron chi connectivity index (χ1n) is 10.2. The van der Waals surface area contributed by atoms with Gasteiger partial charge in [0.1, 0.15) is 0 Å². The van der Waals surface area contributed by atoms with Crippen molar-refractivity contribution in [2.45, 2.75) is 44.7 Å². The van der Waals surface area contributed by atoms with E-state index in [0.29, 0.717) is 12.6 Å². The second kappa shape index (κ2) is 6.29. The first-order valence-corrected chi connectivity index (χ1v) is 10.2. The van der Waals surface area contributed by atoms with Crippen LogP contribution in [0.4, 0.5) is 4.79 Å². The molecule has 2 aromatic rings. The minimum atomic E-state index is 0.0930. The Bertz CT molecular complexity index is 797. The van der Waals surface area contributed by atoms with Gasteiger partial charge in [0.25, 0.3) is 0 Å². The van der Waals surface area contributed by atoms with Crippen molar-refractivity contribution in [3.05, 3.63) is 48.0 Å². The summed E-state index contributed by atoms with van der Waals surface area (Å²) in [6, 6.07) is 15.3. The summed E-state index contributed by atoms with van der Waals surface area (Å²) in [7, 11) is 1.92. The Morgan fingerprint density at radius 1 is 0.962 bits per heavy atom. The molecule has 4 aliphatic rings. The minimum absolute atomic E-state index is 0.0930. The number of hydrogen-bond acceptors (Lipinski definition) is 1. The molecule has 26 heavy (non-hydrogen) atoms. The Hall–Kier alpha value is -2.03. The maximum absolute atomic E-state index is 12.9. The van der Waals surface area contributed by atoms with Crippen LogP contribution in [0.3, 0.4) is 0 Å². The molecule has 4 aliphatic carbocycles. The fraction of sp³-hybridized carbons (Fsp3) is 0.522. The number of fused-ring (bicyclic) bond motifs is 1. The predicted octanol–water partition coefficient (Wildman–Crippen LogP) is 4.81. The van der Waals surface area contributed by atoms with E-state index in [2.05, 4.69) is 47.8 Å². The van der Waals surface area contributed by atoms with Crippen LogP contribution in [0, 0.1) is 23.7 Å². The third-order valence-corrected chi connectivity index (χ3v) is 7.15. The Morgan fingerprint density at radius 3 is 2.35 bits per heavy atom. The lowest BCUT2D eigenvalue weighted by molar-refractivity contribution is -0.0108. The van der Waals surface area contributed by atoms with E-state index in [0.717, 1.165) is 23.7 Å². The zero-order valence-corrected chi connectivity index (χ0v) is 15.5. The van der Waals surface area contributed by atoms with Gasteiger partial charge in [-0.05, 0) is 72.1 Å². The molecule has 0 radical (unpaired) electrons. The third-order valence-electron chi connectivity index (χ3n) is 7.15. The maximum Gasteiger partial charge on any atom is 0.317 e. The van der Waals surface area contributed by atoms with Gasteiger partial charge in [-0.25, -0.2) is 4.79 Å². The van der Waals surface area contributed by atoms with Gasteiger partial charge in [0.15, 0.2) is 0 Å².